The third-order valence-electron chi connectivity index (χ3n) is 4.58. The summed E-state index contributed by atoms with van der Waals surface area (Å²) < 4.78 is 25.2. The Hall–Kier alpha value is -3.36. The Kier molecular flexibility index (Phi) is 6.20. The lowest BCUT2D eigenvalue weighted by atomic mass is 10.1. The first-order valence-corrected chi connectivity index (χ1v) is 12.0. The number of carbonyl (C=O) groups is 1. The lowest BCUT2D eigenvalue weighted by Gasteiger charge is -2.07. The van der Waals surface area contributed by atoms with Crippen LogP contribution in [0.3, 0.4) is 0 Å². The van der Waals surface area contributed by atoms with E-state index in [1.165, 1.54) is 11.3 Å². The molecule has 0 radical (unpaired) electrons. The van der Waals surface area contributed by atoms with E-state index >= 15 is 0 Å². The number of carbonyl (C=O) groups excluding carboxylic acids is 1. The molecule has 0 aliphatic rings. The van der Waals surface area contributed by atoms with Crippen LogP contribution in [0.25, 0.3) is 11.3 Å². The zero-order valence-corrected chi connectivity index (χ0v) is 18.1. The monoisotopic (exact) mass is 449 g/mol. The molecule has 0 spiro atoms. The Morgan fingerprint density at radius 2 is 1.74 bits per heavy atom. The third kappa shape index (κ3) is 5.22. The average Bonchev–Trinajstić information content (AvgIpc) is 3.28. The van der Waals surface area contributed by atoms with Gasteiger partial charge in [-0.3, -0.25) is 9.78 Å². The smallest absolute Gasteiger partial charge is 0.251 e. The molecule has 2 aromatic heterocycles. The minimum absolute atomic E-state index is 0.167. The van der Waals surface area contributed by atoms with Gasteiger partial charge in [0.1, 0.15) is 5.01 Å². The van der Waals surface area contributed by atoms with Crippen LogP contribution in [-0.2, 0) is 22.1 Å². The van der Waals surface area contributed by atoms with E-state index in [9.17, 15) is 13.2 Å². The highest BCUT2D eigenvalue weighted by molar-refractivity contribution is 7.90. The molecule has 6 nitrogen and oxygen atoms in total. The van der Waals surface area contributed by atoms with Crippen LogP contribution in [0.5, 0.6) is 0 Å². The first kappa shape index (κ1) is 20.9. The molecule has 2 aromatic carbocycles. The molecule has 0 unspecified atom stereocenters. The Morgan fingerprint density at radius 1 is 0.968 bits per heavy atom. The fourth-order valence-electron chi connectivity index (χ4n) is 3.04. The molecule has 0 aliphatic heterocycles. The number of nitrogens with zero attached hydrogens (tertiary/aromatic N) is 2. The number of pyridine rings is 1. The number of thiazole rings is 1. The largest absolute Gasteiger partial charge is 0.346 e. The summed E-state index contributed by atoms with van der Waals surface area (Å²) in [5.74, 6) is -0.445. The highest BCUT2D eigenvalue weighted by Gasteiger charge is 2.16. The van der Waals surface area contributed by atoms with Crippen LogP contribution >= 0.6 is 11.3 Å². The van der Waals surface area contributed by atoms with Gasteiger partial charge in [-0.15, -0.1) is 11.3 Å². The molecule has 8 heteroatoms. The second-order valence-corrected chi connectivity index (χ2v) is 9.75. The molecule has 0 aliphatic carbocycles. The SMILES string of the molecule is O=C(NCc1nc(-c2ccncc2)cs1)c1cccc(CS(=O)(=O)c2ccccc2)c1. The van der Waals surface area contributed by atoms with E-state index in [2.05, 4.69) is 15.3 Å². The van der Waals surface area contributed by atoms with Crippen LogP contribution in [0.1, 0.15) is 20.9 Å². The summed E-state index contributed by atoms with van der Waals surface area (Å²) in [6, 6.07) is 18.7. The van der Waals surface area contributed by atoms with Gasteiger partial charge in [-0.05, 0) is 42.0 Å². The minimum atomic E-state index is -3.48. The van der Waals surface area contributed by atoms with E-state index in [1.54, 1.807) is 67.0 Å². The van der Waals surface area contributed by atoms with Crippen molar-refractivity contribution in [2.75, 3.05) is 0 Å². The van der Waals surface area contributed by atoms with Gasteiger partial charge in [-0.1, -0.05) is 30.3 Å². The van der Waals surface area contributed by atoms with Gasteiger partial charge in [0.15, 0.2) is 9.84 Å². The molecular weight excluding hydrogens is 430 g/mol. The molecule has 0 fully saturated rings. The van der Waals surface area contributed by atoms with E-state index in [0.29, 0.717) is 17.7 Å². The lowest BCUT2D eigenvalue weighted by Crippen LogP contribution is -2.22. The molecule has 0 saturated carbocycles. The third-order valence-corrected chi connectivity index (χ3v) is 7.13. The maximum Gasteiger partial charge on any atom is 0.251 e. The average molecular weight is 450 g/mol. The number of sulfone groups is 1. The highest BCUT2D eigenvalue weighted by Crippen LogP contribution is 2.21. The number of hydrogen-bond donors (Lipinski definition) is 1. The Bertz CT molecular complexity index is 1290. The summed E-state index contributed by atoms with van der Waals surface area (Å²) >= 11 is 1.46. The minimum Gasteiger partial charge on any atom is -0.346 e. The molecular formula is C23H19N3O3S2. The summed E-state index contributed by atoms with van der Waals surface area (Å²) in [6.45, 7) is 0.293. The van der Waals surface area contributed by atoms with E-state index in [4.69, 9.17) is 0 Å². The van der Waals surface area contributed by atoms with Gasteiger partial charge in [0, 0.05) is 28.9 Å². The molecule has 2 heterocycles. The second-order valence-electron chi connectivity index (χ2n) is 6.82. The van der Waals surface area contributed by atoms with Crippen LogP contribution in [0, 0.1) is 0 Å². The van der Waals surface area contributed by atoms with E-state index in [-0.39, 0.29) is 16.6 Å². The summed E-state index contributed by atoms with van der Waals surface area (Å²) in [7, 11) is -3.48. The Balaban J connectivity index is 1.41. The number of nitrogens with one attached hydrogen (secondary N) is 1. The van der Waals surface area contributed by atoms with Crippen LogP contribution in [0.2, 0.25) is 0 Å². The van der Waals surface area contributed by atoms with E-state index < -0.39 is 9.84 Å². The number of hydrogen-bond acceptors (Lipinski definition) is 6. The topological polar surface area (TPSA) is 89.0 Å². The second kappa shape index (κ2) is 9.20. The zero-order valence-electron chi connectivity index (χ0n) is 16.4. The van der Waals surface area contributed by atoms with Crippen molar-refractivity contribution in [1.29, 1.82) is 0 Å². The quantitative estimate of drug-likeness (QED) is 0.459. The van der Waals surface area contributed by atoms with Gasteiger partial charge >= 0.3 is 0 Å². The predicted molar refractivity (Wildman–Crippen MR) is 120 cm³/mol. The molecule has 4 aromatic rings. The number of rotatable bonds is 7. The van der Waals surface area contributed by atoms with Gasteiger partial charge in [-0.2, -0.15) is 0 Å². The van der Waals surface area contributed by atoms with Crippen molar-refractivity contribution >= 4 is 27.1 Å². The molecule has 4 rings (SSSR count). The van der Waals surface area contributed by atoms with Gasteiger partial charge in [-0.25, -0.2) is 13.4 Å². The normalized spacial score (nSPS) is 11.2. The van der Waals surface area contributed by atoms with Gasteiger partial charge < -0.3 is 5.32 Å². The summed E-state index contributed by atoms with van der Waals surface area (Å²) in [6.07, 6.45) is 3.42. The first-order valence-electron chi connectivity index (χ1n) is 9.51. The van der Waals surface area contributed by atoms with Gasteiger partial charge in [0.2, 0.25) is 0 Å². The van der Waals surface area contributed by atoms with Crippen molar-refractivity contribution in [3.8, 4) is 11.3 Å². The molecule has 0 atom stereocenters. The van der Waals surface area contributed by atoms with Crippen molar-refractivity contribution in [3.63, 3.8) is 0 Å². The van der Waals surface area contributed by atoms with Crippen LogP contribution in [0.15, 0.2) is 89.4 Å². The Morgan fingerprint density at radius 3 is 2.52 bits per heavy atom. The predicted octanol–water partition coefficient (Wildman–Crippen LogP) is 4.11. The van der Waals surface area contributed by atoms with Crippen LogP contribution in [-0.4, -0.2) is 24.3 Å². The van der Waals surface area contributed by atoms with E-state index in [1.807, 2.05) is 17.5 Å². The fourth-order valence-corrected chi connectivity index (χ4v) is 5.14. The first-order chi connectivity index (χ1) is 15.0. The van der Waals surface area contributed by atoms with Gasteiger partial charge in [0.25, 0.3) is 5.91 Å². The van der Waals surface area contributed by atoms with Gasteiger partial charge in [0.05, 0.1) is 22.9 Å². The van der Waals surface area contributed by atoms with Crippen molar-refractivity contribution < 1.29 is 13.2 Å². The maximum atomic E-state index is 12.6. The standard InChI is InChI=1S/C23H19N3O3S2/c27-23(25-14-22-26-21(15-30-22)18-9-11-24-12-10-18)19-6-4-5-17(13-19)16-31(28,29)20-7-2-1-3-8-20/h1-13,15H,14,16H2,(H,25,27). The number of benzene rings is 2. The van der Waals surface area contributed by atoms with Crippen LogP contribution < -0.4 is 5.32 Å². The van der Waals surface area contributed by atoms with E-state index in [0.717, 1.165) is 16.3 Å². The fraction of sp³-hybridized carbons (Fsp3) is 0.0870. The molecule has 31 heavy (non-hydrogen) atoms. The summed E-state index contributed by atoms with van der Waals surface area (Å²) in [5.41, 5.74) is 2.78. The van der Waals surface area contributed by atoms with Crippen molar-refractivity contribution in [1.82, 2.24) is 15.3 Å². The summed E-state index contributed by atoms with van der Waals surface area (Å²) in [5, 5.41) is 5.57. The lowest BCUT2D eigenvalue weighted by molar-refractivity contribution is 0.0950. The Labute approximate surface area is 184 Å². The number of amides is 1. The van der Waals surface area contributed by atoms with Crippen molar-refractivity contribution in [3.05, 3.63) is 101 Å². The number of aromatic nitrogens is 2. The molecule has 156 valence electrons. The zero-order chi connectivity index (χ0) is 21.7. The molecule has 0 saturated heterocycles. The molecule has 1 N–H and O–H groups in total. The molecule has 1 amide bonds. The maximum absolute atomic E-state index is 12.6. The van der Waals surface area contributed by atoms with Crippen molar-refractivity contribution in [2.24, 2.45) is 0 Å². The highest BCUT2D eigenvalue weighted by atomic mass is 32.2. The van der Waals surface area contributed by atoms with Crippen molar-refractivity contribution in [2.45, 2.75) is 17.2 Å². The summed E-state index contributed by atoms with van der Waals surface area (Å²) in [4.78, 5) is 21.4. The molecule has 0 bridgehead atoms. The van der Waals surface area contributed by atoms with Crippen LogP contribution in [0.4, 0.5) is 0 Å².